The first-order valence-corrected chi connectivity index (χ1v) is 12.5. The summed E-state index contributed by atoms with van der Waals surface area (Å²) in [5, 5.41) is 4.50. The van der Waals surface area contributed by atoms with Crippen LogP contribution in [0.1, 0.15) is 21.7 Å². The Morgan fingerprint density at radius 2 is 1.62 bits per heavy atom. The maximum atomic E-state index is 12.9. The standard InChI is InChI=1S/C22H31N5O4S/c1-18-17-19(2)27(23-18)12-9-24-7-10-25(11-8-24)22(28)20-3-5-21(6-4-20)32(29,30)26-13-15-31-16-14-26/h3-6,17H,7-16H2,1-2H3. The molecule has 0 N–H and O–H groups in total. The third kappa shape index (κ3) is 5.03. The van der Waals surface area contributed by atoms with E-state index in [0.717, 1.165) is 37.6 Å². The lowest BCUT2D eigenvalue weighted by Gasteiger charge is -2.34. The van der Waals surface area contributed by atoms with E-state index in [0.29, 0.717) is 45.0 Å². The van der Waals surface area contributed by atoms with Gasteiger partial charge in [0.05, 0.1) is 30.3 Å². The van der Waals surface area contributed by atoms with Crippen molar-refractivity contribution in [3.05, 3.63) is 47.3 Å². The number of ether oxygens (including phenoxy) is 1. The van der Waals surface area contributed by atoms with Gasteiger partial charge in [0.15, 0.2) is 0 Å². The molecule has 0 saturated carbocycles. The number of amides is 1. The molecule has 4 rings (SSSR count). The Balaban J connectivity index is 1.30. The van der Waals surface area contributed by atoms with Crippen LogP contribution in [0.3, 0.4) is 0 Å². The van der Waals surface area contributed by atoms with Crippen LogP contribution in [-0.4, -0.2) is 97.2 Å². The Labute approximate surface area is 189 Å². The molecule has 1 aromatic heterocycles. The lowest BCUT2D eigenvalue weighted by Crippen LogP contribution is -2.49. The Hall–Kier alpha value is -2.27. The first kappa shape index (κ1) is 22.9. The number of aromatic nitrogens is 2. The number of rotatable bonds is 6. The fourth-order valence-corrected chi connectivity index (χ4v) is 5.61. The summed E-state index contributed by atoms with van der Waals surface area (Å²) in [4.78, 5) is 17.3. The topological polar surface area (TPSA) is 88.0 Å². The minimum Gasteiger partial charge on any atom is -0.379 e. The molecule has 2 fully saturated rings. The number of aryl methyl sites for hydroxylation is 2. The van der Waals surface area contributed by atoms with Crippen molar-refractivity contribution in [2.75, 3.05) is 59.0 Å². The highest BCUT2D eigenvalue weighted by molar-refractivity contribution is 7.89. The second-order valence-electron chi connectivity index (χ2n) is 8.32. The monoisotopic (exact) mass is 461 g/mol. The molecule has 0 radical (unpaired) electrons. The normalized spacial score (nSPS) is 18.8. The van der Waals surface area contributed by atoms with Gasteiger partial charge in [-0.2, -0.15) is 9.40 Å². The molecule has 0 bridgehead atoms. The van der Waals surface area contributed by atoms with Gasteiger partial charge in [-0.25, -0.2) is 8.42 Å². The van der Waals surface area contributed by atoms with Gasteiger partial charge in [0.2, 0.25) is 10.0 Å². The lowest BCUT2D eigenvalue weighted by atomic mass is 10.2. The molecule has 174 valence electrons. The number of hydrogen-bond acceptors (Lipinski definition) is 6. The molecule has 0 unspecified atom stereocenters. The van der Waals surface area contributed by atoms with Crippen LogP contribution < -0.4 is 0 Å². The van der Waals surface area contributed by atoms with E-state index in [2.05, 4.69) is 23.0 Å². The molecule has 32 heavy (non-hydrogen) atoms. The third-order valence-corrected chi connectivity index (χ3v) is 8.01. The predicted octanol–water partition coefficient (Wildman–Crippen LogP) is 0.979. The molecule has 9 nitrogen and oxygen atoms in total. The zero-order chi connectivity index (χ0) is 22.7. The number of morpholine rings is 1. The van der Waals surface area contributed by atoms with Gasteiger partial charge in [-0.15, -0.1) is 0 Å². The average Bonchev–Trinajstić information content (AvgIpc) is 3.15. The van der Waals surface area contributed by atoms with Crippen molar-refractivity contribution in [2.24, 2.45) is 0 Å². The van der Waals surface area contributed by atoms with Crippen LogP contribution in [0.5, 0.6) is 0 Å². The largest absolute Gasteiger partial charge is 0.379 e. The van der Waals surface area contributed by atoms with Crippen molar-refractivity contribution in [3.8, 4) is 0 Å². The average molecular weight is 462 g/mol. The Morgan fingerprint density at radius 3 is 2.22 bits per heavy atom. The van der Waals surface area contributed by atoms with Crippen LogP contribution >= 0.6 is 0 Å². The molecule has 0 spiro atoms. The van der Waals surface area contributed by atoms with Crippen LogP contribution in [0.15, 0.2) is 35.2 Å². The van der Waals surface area contributed by atoms with Crippen molar-refractivity contribution in [3.63, 3.8) is 0 Å². The van der Waals surface area contributed by atoms with Crippen LogP contribution in [0, 0.1) is 13.8 Å². The number of hydrogen-bond donors (Lipinski definition) is 0. The van der Waals surface area contributed by atoms with Crippen molar-refractivity contribution >= 4 is 15.9 Å². The van der Waals surface area contributed by atoms with Gasteiger partial charge in [0.1, 0.15) is 0 Å². The van der Waals surface area contributed by atoms with Gasteiger partial charge < -0.3 is 9.64 Å². The van der Waals surface area contributed by atoms with E-state index in [9.17, 15) is 13.2 Å². The van der Waals surface area contributed by atoms with Gasteiger partial charge in [-0.3, -0.25) is 14.4 Å². The highest BCUT2D eigenvalue weighted by Crippen LogP contribution is 2.19. The molecule has 3 heterocycles. The number of carbonyl (C=O) groups is 1. The third-order valence-electron chi connectivity index (χ3n) is 6.10. The molecular formula is C22H31N5O4S. The summed E-state index contributed by atoms with van der Waals surface area (Å²) in [6, 6.07) is 8.37. The Bertz CT molecular complexity index is 1040. The minimum absolute atomic E-state index is 0.0569. The molecule has 1 amide bonds. The molecule has 2 aliphatic heterocycles. The fraction of sp³-hybridized carbons (Fsp3) is 0.545. The van der Waals surface area contributed by atoms with Gasteiger partial charge in [0.25, 0.3) is 5.91 Å². The van der Waals surface area contributed by atoms with Crippen LogP contribution in [0.25, 0.3) is 0 Å². The molecule has 0 atom stereocenters. The zero-order valence-electron chi connectivity index (χ0n) is 18.7. The summed E-state index contributed by atoms with van der Waals surface area (Å²) in [6.07, 6.45) is 0. The van der Waals surface area contributed by atoms with Gasteiger partial charge in [0, 0.05) is 57.1 Å². The number of piperazine rings is 1. The molecular weight excluding hydrogens is 430 g/mol. The van der Waals surface area contributed by atoms with Crippen molar-refractivity contribution in [1.29, 1.82) is 0 Å². The summed E-state index contributed by atoms with van der Waals surface area (Å²) in [5.74, 6) is -0.0569. The molecule has 10 heteroatoms. The zero-order valence-corrected chi connectivity index (χ0v) is 19.6. The van der Waals surface area contributed by atoms with E-state index in [-0.39, 0.29) is 10.8 Å². The summed E-state index contributed by atoms with van der Waals surface area (Å²) in [5.41, 5.74) is 2.71. The fourth-order valence-electron chi connectivity index (χ4n) is 4.20. The highest BCUT2D eigenvalue weighted by atomic mass is 32.2. The van der Waals surface area contributed by atoms with Crippen molar-refractivity contribution < 1.29 is 17.9 Å². The SMILES string of the molecule is Cc1cc(C)n(CCN2CCN(C(=O)c3ccc(S(=O)(=O)N4CCOCC4)cc3)CC2)n1. The smallest absolute Gasteiger partial charge is 0.253 e. The molecule has 1 aromatic carbocycles. The Morgan fingerprint density at radius 1 is 0.969 bits per heavy atom. The second kappa shape index (κ2) is 9.70. The Kier molecular flexibility index (Phi) is 6.94. The van der Waals surface area contributed by atoms with Crippen molar-refractivity contribution in [2.45, 2.75) is 25.3 Å². The molecule has 0 aliphatic carbocycles. The first-order chi connectivity index (χ1) is 15.3. The van der Waals surface area contributed by atoms with Gasteiger partial charge in [-0.1, -0.05) is 0 Å². The number of nitrogens with zero attached hydrogens (tertiary/aromatic N) is 5. The second-order valence-corrected chi connectivity index (χ2v) is 10.3. The molecule has 2 saturated heterocycles. The van der Waals surface area contributed by atoms with E-state index in [1.165, 1.54) is 16.4 Å². The van der Waals surface area contributed by atoms with E-state index >= 15 is 0 Å². The lowest BCUT2D eigenvalue weighted by molar-refractivity contribution is 0.0631. The van der Waals surface area contributed by atoms with Crippen LogP contribution in [0.2, 0.25) is 0 Å². The van der Waals surface area contributed by atoms with Crippen molar-refractivity contribution in [1.82, 2.24) is 23.9 Å². The van der Waals surface area contributed by atoms with Crippen LogP contribution in [-0.2, 0) is 21.3 Å². The van der Waals surface area contributed by atoms with Gasteiger partial charge >= 0.3 is 0 Å². The van der Waals surface area contributed by atoms with E-state index < -0.39 is 10.0 Å². The number of carbonyl (C=O) groups excluding carboxylic acids is 1. The summed E-state index contributed by atoms with van der Waals surface area (Å²) < 4.78 is 34.2. The minimum atomic E-state index is -3.55. The van der Waals surface area contributed by atoms with E-state index in [1.807, 2.05) is 16.5 Å². The maximum Gasteiger partial charge on any atom is 0.253 e. The van der Waals surface area contributed by atoms with Gasteiger partial charge in [-0.05, 0) is 44.2 Å². The van der Waals surface area contributed by atoms with E-state index in [1.54, 1.807) is 12.1 Å². The number of sulfonamides is 1. The first-order valence-electron chi connectivity index (χ1n) is 11.1. The van der Waals surface area contributed by atoms with E-state index in [4.69, 9.17) is 4.74 Å². The van der Waals surface area contributed by atoms with Crippen LogP contribution in [0.4, 0.5) is 0 Å². The predicted molar refractivity (Wildman–Crippen MR) is 120 cm³/mol. The molecule has 2 aliphatic rings. The summed E-state index contributed by atoms with van der Waals surface area (Å²) in [7, 11) is -3.55. The number of benzene rings is 1. The summed E-state index contributed by atoms with van der Waals surface area (Å²) in [6.45, 7) is 10.3. The quantitative estimate of drug-likeness (QED) is 0.637. The highest BCUT2D eigenvalue weighted by Gasteiger charge is 2.27. The molecule has 2 aromatic rings. The maximum absolute atomic E-state index is 12.9. The summed E-state index contributed by atoms with van der Waals surface area (Å²) >= 11 is 0.